The molecule has 1 atom stereocenters. The predicted molar refractivity (Wildman–Crippen MR) is 84.2 cm³/mol. The summed E-state index contributed by atoms with van der Waals surface area (Å²) in [6.07, 6.45) is 1.63. The van der Waals surface area contributed by atoms with Crippen LogP contribution in [-0.2, 0) is 16.0 Å². The van der Waals surface area contributed by atoms with Crippen LogP contribution in [0.1, 0.15) is 12.0 Å². The quantitative estimate of drug-likeness (QED) is 0.844. The number of amides is 1. The molecule has 0 bridgehead atoms. The SMILES string of the molecule is COCCN1C[C@@H](Cc2cccc3ccccc23)CC1=O. The van der Waals surface area contributed by atoms with Gasteiger partial charge in [0, 0.05) is 26.6 Å². The van der Waals surface area contributed by atoms with Gasteiger partial charge < -0.3 is 9.64 Å². The summed E-state index contributed by atoms with van der Waals surface area (Å²) in [6.45, 7) is 2.18. The topological polar surface area (TPSA) is 29.5 Å². The molecule has 0 N–H and O–H groups in total. The number of likely N-dealkylation sites (tertiary alicyclic amines) is 1. The van der Waals surface area contributed by atoms with Gasteiger partial charge in [0.15, 0.2) is 0 Å². The summed E-state index contributed by atoms with van der Waals surface area (Å²) < 4.78 is 5.07. The average molecular weight is 283 g/mol. The highest BCUT2D eigenvalue weighted by molar-refractivity contribution is 5.86. The number of hydrogen-bond acceptors (Lipinski definition) is 2. The van der Waals surface area contributed by atoms with Crippen molar-refractivity contribution in [1.82, 2.24) is 4.90 Å². The minimum atomic E-state index is 0.261. The van der Waals surface area contributed by atoms with E-state index in [0.717, 1.165) is 13.0 Å². The van der Waals surface area contributed by atoms with E-state index in [1.807, 2.05) is 4.90 Å². The van der Waals surface area contributed by atoms with Gasteiger partial charge in [-0.15, -0.1) is 0 Å². The third-order valence-electron chi connectivity index (χ3n) is 4.25. The maximum absolute atomic E-state index is 12.0. The molecule has 3 rings (SSSR count). The van der Waals surface area contributed by atoms with Gasteiger partial charge in [0.2, 0.25) is 5.91 Å². The molecule has 1 saturated heterocycles. The van der Waals surface area contributed by atoms with Crippen molar-refractivity contribution in [3.63, 3.8) is 0 Å². The third kappa shape index (κ3) is 3.08. The van der Waals surface area contributed by atoms with Gasteiger partial charge in [-0.1, -0.05) is 42.5 Å². The zero-order valence-corrected chi connectivity index (χ0v) is 12.4. The Hall–Kier alpha value is -1.87. The number of ether oxygens (including phenoxy) is 1. The lowest BCUT2D eigenvalue weighted by atomic mass is 9.94. The molecule has 2 aromatic carbocycles. The van der Waals surface area contributed by atoms with E-state index in [2.05, 4.69) is 42.5 Å². The molecule has 0 spiro atoms. The van der Waals surface area contributed by atoms with Crippen molar-refractivity contribution in [2.24, 2.45) is 5.92 Å². The Morgan fingerprint density at radius 3 is 2.86 bits per heavy atom. The molecule has 1 fully saturated rings. The standard InChI is InChI=1S/C18H21NO2/c1-21-10-9-19-13-14(12-18(19)20)11-16-7-4-6-15-5-2-3-8-17(15)16/h2-8,14H,9-13H2,1H3/t14-/m0/s1. The minimum absolute atomic E-state index is 0.261. The van der Waals surface area contributed by atoms with Crippen LogP contribution in [0.4, 0.5) is 0 Å². The van der Waals surface area contributed by atoms with Crippen LogP contribution in [0.15, 0.2) is 42.5 Å². The molecule has 21 heavy (non-hydrogen) atoms. The van der Waals surface area contributed by atoms with Crippen molar-refractivity contribution in [1.29, 1.82) is 0 Å². The number of hydrogen-bond donors (Lipinski definition) is 0. The first-order valence-corrected chi connectivity index (χ1v) is 7.51. The van der Waals surface area contributed by atoms with Crippen LogP contribution in [0, 0.1) is 5.92 Å². The molecule has 0 saturated carbocycles. The molecule has 0 aliphatic carbocycles. The summed E-state index contributed by atoms with van der Waals surface area (Å²) >= 11 is 0. The highest BCUT2D eigenvalue weighted by Gasteiger charge is 2.29. The van der Waals surface area contributed by atoms with Crippen LogP contribution in [0.25, 0.3) is 10.8 Å². The molecular formula is C18H21NO2. The van der Waals surface area contributed by atoms with Crippen molar-refractivity contribution < 1.29 is 9.53 Å². The second kappa shape index (κ2) is 6.27. The van der Waals surface area contributed by atoms with E-state index >= 15 is 0 Å². The summed E-state index contributed by atoms with van der Waals surface area (Å²) in [5.74, 6) is 0.678. The Bertz CT molecular complexity index is 633. The smallest absolute Gasteiger partial charge is 0.223 e. The zero-order valence-electron chi connectivity index (χ0n) is 12.4. The van der Waals surface area contributed by atoms with Crippen LogP contribution < -0.4 is 0 Å². The molecule has 2 aromatic rings. The minimum Gasteiger partial charge on any atom is -0.383 e. The molecule has 0 aromatic heterocycles. The second-order valence-corrected chi connectivity index (χ2v) is 5.75. The lowest BCUT2D eigenvalue weighted by molar-refractivity contribution is -0.128. The fourth-order valence-electron chi connectivity index (χ4n) is 3.19. The van der Waals surface area contributed by atoms with Gasteiger partial charge in [-0.2, -0.15) is 0 Å². The van der Waals surface area contributed by atoms with E-state index < -0.39 is 0 Å². The number of nitrogens with zero attached hydrogens (tertiary/aromatic N) is 1. The van der Waals surface area contributed by atoms with E-state index in [-0.39, 0.29) is 5.91 Å². The molecule has 3 nitrogen and oxygen atoms in total. The molecular weight excluding hydrogens is 262 g/mol. The van der Waals surface area contributed by atoms with Crippen LogP contribution in [0.5, 0.6) is 0 Å². The van der Waals surface area contributed by atoms with Gasteiger partial charge in [-0.25, -0.2) is 0 Å². The van der Waals surface area contributed by atoms with E-state index in [1.165, 1.54) is 16.3 Å². The zero-order chi connectivity index (χ0) is 14.7. The summed E-state index contributed by atoms with van der Waals surface area (Å²) in [6, 6.07) is 14.9. The molecule has 1 heterocycles. The molecule has 3 heteroatoms. The summed E-state index contributed by atoms with van der Waals surface area (Å²) in [5, 5.41) is 2.58. The van der Waals surface area contributed by atoms with Crippen molar-refractivity contribution in [3.05, 3.63) is 48.0 Å². The number of fused-ring (bicyclic) bond motifs is 1. The van der Waals surface area contributed by atoms with Gasteiger partial charge >= 0.3 is 0 Å². The van der Waals surface area contributed by atoms with Crippen LogP contribution in [0.2, 0.25) is 0 Å². The van der Waals surface area contributed by atoms with E-state index in [9.17, 15) is 4.79 Å². The first-order valence-electron chi connectivity index (χ1n) is 7.51. The van der Waals surface area contributed by atoms with Crippen LogP contribution in [0.3, 0.4) is 0 Å². The molecule has 1 aliphatic heterocycles. The summed E-state index contributed by atoms with van der Waals surface area (Å²) in [5.41, 5.74) is 1.35. The largest absolute Gasteiger partial charge is 0.383 e. The Kier molecular flexibility index (Phi) is 4.20. The Morgan fingerprint density at radius 2 is 2.00 bits per heavy atom. The van der Waals surface area contributed by atoms with Crippen LogP contribution >= 0.6 is 0 Å². The Balaban J connectivity index is 1.73. The number of methoxy groups -OCH3 is 1. The first-order chi connectivity index (χ1) is 10.3. The van der Waals surface area contributed by atoms with Gasteiger partial charge in [-0.3, -0.25) is 4.79 Å². The third-order valence-corrected chi connectivity index (χ3v) is 4.25. The number of benzene rings is 2. The maximum Gasteiger partial charge on any atom is 0.223 e. The monoisotopic (exact) mass is 283 g/mol. The van der Waals surface area contributed by atoms with Crippen LogP contribution in [-0.4, -0.2) is 37.6 Å². The molecule has 1 amide bonds. The maximum atomic E-state index is 12.0. The highest BCUT2D eigenvalue weighted by atomic mass is 16.5. The predicted octanol–water partition coefficient (Wildman–Crippen LogP) is 2.88. The van der Waals surface area contributed by atoms with Gasteiger partial charge in [0.1, 0.15) is 0 Å². The van der Waals surface area contributed by atoms with Crippen molar-refractivity contribution in [3.8, 4) is 0 Å². The summed E-state index contributed by atoms with van der Waals surface area (Å²) in [4.78, 5) is 13.9. The second-order valence-electron chi connectivity index (χ2n) is 5.75. The highest BCUT2D eigenvalue weighted by Crippen LogP contribution is 2.26. The van der Waals surface area contributed by atoms with E-state index in [0.29, 0.717) is 25.5 Å². The van der Waals surface area contributed by atoms with Crippen molar-refractivity contribution in [2.75, 3.05) is 26.8 Å². The number of carbonyl (C=O) groups excluding carboxylic acids is 1. The van der Waals surface area contributed by atoms with Gasteiger partial charge in [0.25, 0.3) is 0 Å². The average Bonchev–Trinajstić information content (AvgIpc) is 2.85. The summed E-state index contributed by atoms with van der Waals surface area (Å²) in [7, 11) is 1.67. The number of carbonyl (C=O) groups is 1. The molecule has 1 aliphatic rings. The van der Waals surface area contributed by atoms with E-state index in [1.54, 1.807) is 7.11 Å². The Labute approximate surface area is 125 Å². The first kappa shape index (κ1) is 14.1. The normalized spacial score (nSPS) is 18.6. The fraction of sp³-hybridized carbons (Fsp3) is 0.389. The van der Waals surface area contributed by atoms with Gasteiger partial charge in [-0.05, 0) is 28.7 Å². The fourth-order valence-corrected chi connectivity index (χ4v) is 3.19. The molecule has 110 valence electrons. The lowest BCUT2D eigenvalue weighted by Gasteiger charge is -2.16. The molecule has 0 unspecified atom stereocenters. The number of rotatable bonds is 5. The van der Waals surface area contributed by atoms with Gasteiger partial charge in [0.05, 0.1) is 6.61 Å². The van der Waals surface area contributed by atoms with Crippen molar-refractivity contribution in [2.45, 2.75) is 12.8 Å². The Morgan fingerprint density at radius 1 is 1.19 bits per heavy atom. The van der Waals surface area contributed by atoms with Crippen molar-refractivity contribution >= 4 is 16.7 Å². The van der Waals surface area contributed by atoms with E-state index in [4.69, 9.17) is 4.74 Å². The molecule has 0 radical (unpaired) electrons. The lowest BCUT2D eigenvalue weighted by Crippen LogP contribution is -2.28.